The number of aliphatic hydroxyl groups is 2. The van der Waals surface area contributed by atoms with E-state index in [0.29, 0.717) is 0 Å². The number of carbonyl (C=O) groups excluding carboxylic acids is 2. The molecule has 0 saturated carbocycles. The van der Waals surface area contributed by atoms with Crippen LogP contribution in [0.1, 0.15) is 50.2 Å². The fourth-order valence-electron chi connectivity index (χ4n) is 3.07. The largest absolute Gasteiger partial charge is 0.512 e. The molecule has 0 aliphatic carbocycles. The van der Waals surface area contributed by atoms with Crippen molar-refractivity contribution in [3.8, 4) is 0 Å². The zero-order chi connectivity index (χ0) is 31.7. The molecule has 0 spiro atoms. The first-order valence-electron chi connectivity index (χ1n) is 10.0. The molecule has 41 heavy (non-hydrogen) atoms. The second kappa shape index (κ2) is 13.4. The topological polar surface area (TPSA) is 100 Å². The van der Waals surface area contributed by atoms with Crippen LogP contribution in [0.2, 0.25) is 0 Å². The van der Waals surface area contributed by atoms with Crippen molar-refractivity contribution in [3.63, 3.8) is 0 Å². The molecular weight excluding hydrogens is 648 g/mol. The number of aromatic nitrogens is 2. The third kappa shape index (κ3) is 8.22. The van der Waals surface area contributed by atoms with Gasteiger partial charge in [-0.2, -0.15) is 35.1 Å². The summed E-state index contributed by atoms with van der Waals surface area (Å²) in [5.41, 5.74) is -10.0. The zero-order valence-corrected chi connectivity index (χ0v) is 21.4. The smallest absolute Gasteiger partial charge is 0.436 e. The fraction of sp³-hybridized carbons (Fsp3) is 0.273. The Morgan fingerprint density at radius 3 is 0.976 bits per heavy atom. The number of carbonyl (C=O) groups is 2. The van der Waals surface area contributed by atoms with Gasteiger partial charge in [0.25, 0.3) is 0 Å². The Balaban J connectivity index is 0.000000762. The van der Waals surface area contributed by atoms with Gasteiger partial charge in [-0.25, -0.2) is 27.5 Å². The van der Waals surface area contributed by atoms with Crippen LogP contribution in [0, 0.1) is 35.2 Å². The number of pyridine rings is 2. The zero-order valence-electron chi connectivity index (χ0n) is 20.4. The second-order valence-electron chi connectivity index (χ2n) is 7.54. The molecular formula is C22H14CuF12N2O4. The van der Waals surface area contributed by atoms with E-state index in [2.05, 4.69) is 9.97 Å². The number of nitrogens with zero attached hydrogens (tertiary/aromatic N) is 2. The predicted octanol–water partition coefficient (Wildman–Crippen LogP) is 6.79. The van der Waals surface area contributed by atoms with Gasteiger partial charge in [-0.3, -0.25) is 9.59 Å². The van der Waals surface area contributed by atoms with Crippen LogP contribution in [-0.4, -0.2) is 31.7 Å². The molecule has 0 aliphatic heterocycles. The van der Waals surface area contributed by atoms with Gasteiger partial charge in [-0.1, -0.05) is 0 Å². The van der Waals surface area contributed by atoms with E-state index in [-0.39, 0.29) is 17.1 Å². The van der Waals surface area contributed by atoms with E-state index in [4.69, 9.17) is 0 Å². The van der Waals surface area contributed by atoms with Crippen LogP contribution in [-0.2, 0) is 39.0 Å². The average molecular weight is 662 g/mol. The van der Waals surface area contributed by atoms with E-state index in [0.717, 1.165) is 27.7 Å². The van der Waals surface area contributed by atoms with Gasteiger partial charge < -0.3 is 10.2 Å². The molecule has 0 atom stereocenters. The normalized spacial score (nSPS) is 12.9. The summed E-state index contributed by atoms with van der Waals surface area (Å²) in [6.07, 6.45) is -10.8. The Kier molecular flexibility index (Phi) is 12.2. The number of alkyl halides is 6. The van der Waals surface area contributed by atoms with E-state index in [1.807, 2.05) is 0 Å². The van der Waals surface area contributed by atoms with E-state index in [1.165, 1.54) is 0 Å². The standard InChI is InChI=1S/2C11H7F6NO2.Cu/c2*1-3(19)5(4(2)20)6-7(12)9(11(15,16)17)18-10(14)8(6)13;/h2*19H,1-2H3;/b2*5-3+;. The summed E-state index contributed by atoms with van der Waals surface area (Å²) in [6.45, 7) is 3.14. The van der Waals surface area contributed by atoms with Crippen LogP contribution in [0.25, 0.3) is 11.1 Å². The summed E-state index contributed by atoms with van der Waals surface area (Å²) in [6, 6.07) is 0. The third-order valence-corrected chi connectivity index (χ3v) is 4.54. The van der Waals surface area contributed by atoms with Crippen molar-refractivity contribution in [2.24, 2.45) is 0 Å². The number of rotatable bonds is 4. The monoisotopic (exact) mass is 661 g/mol. The summed E-state index contributed by atoms with van der Waals surface area (Å²) < 4.78 is 155. The van der Waals surface area contributed by atoms with Crippen LogP contribution in [0.15, 0.2) is 11.5 Å². The van der Waals surface area contributed by atoms with E-state index in [9.17, 15) is 72.5 Å². The van der Waals surface area contributed by atoms with Gasteiger partial charge in [-0.15, -0.1) is 0 Å². The van der Waals surface area contributed by atoms with Crippen LogP contribution >= 0.6 is 0 Å². The molecule has 2 heterocycles. The molecule has 0 aliphatic rings. The molecule has 231 valence electrons. The van der Waals surface area contributed by atoms with Crippen LogP contribution in [0.4, 0.5) is 52.7 Å². The van der Waals surface area contributed by atoms with Crippen molar-refractivity contribution in [3.05, 3.63) is 69.2 Å². The fourth-order valence-corrected chi connectivity index (χ4v) is 3.07. The average Bonchev–Trinajstić information content (AvgIpc) is 2.76. The molecule has 2 rings (SSSR count). The number of aliphatic hydroxyl groups excluding tert-OH is 2. The van der Waals surface area contributed by atoms with Gasteiger partial charge in [0.2, 0.25) is 11.9 Å². The number of halogens is 12. The van der Waals surface area contributed by atoms with Crippen molar-refractivity contribution in [1.29, 1.82) is 0 Å². The number of hydrogen-bond donors (Lipinski definition) is 2. The van der Waals surface area contributed by atoms with Gasteiger partial charge in [0.15, 0.2) is 46.2 Å². The van der Waals surface area contributed by atoms with Gasteiger partial charge in [0, 0.05) is 17.1 Å². The van der Waals surface area contributed by atoms with Crippen molar-refractivity contribution in [1.82, 2.24) is 9.97 Å². The summed E-state index contributed by atoms with van der Waals surface area (Å²) in [4.78, 5) is 26.7. The molecule has 0 unspecified atom stereocenters. The van der Waals surface area contributed by atoms with Gasteiger partial charge in [0.05, 0.1) is 22.3 Å². The number of ketones is 2. The quantitative estimate of drug-likeness (QED) is 0.123. The third-order valence-electron chi connectivity index (χ3n) is 4.54. The summed E-state index contributed by atoms with van der Waals surface area (Å²) in [5.74, 6) is -17.3. The molecule has 6 nitrogen and oxygen atoms in total. The van der Waals surface area contributed by atoms with Crippen molar-refractivity contribution < 1.29 is 89.6 Å². The Hall–Kier alpha value is -3.60. The first-order chi connectivity index (χ1) is 18.0. The summed E-state index contributed by atoms with van der Waals surface area (Å²) >= 11 is 0. The molecule has 2 aromatic heterocycles. The first-order valence-corrected chi connectivity index (χ1v) is 10.0. The molecule has 0 bridgehead atoms. The van der Waals surface area contributed by atoms with Gasteiger partial charge in [-0.05, 0) is 27.7 Å². The van der Waals surface area contributed by atoms with Crippen molar-refractivity contribution in [2.75, 3.05) is 0 Å². The van der Waals surface area contributed by atoms with Crippen LogP contribution in [0.5, 0.6) is 0 Å². The Morgan fingerprint density at radius 2 is 0.805 bits per heavy atom. The molecule has 2 N–H and O–H groups in total. The van der Waals surface area contributed by atoms with Crippen molar-refractivity contribution in [2.45, 2.75) is 40.0 Å². The van der Waals surface area contributed by atoms with E-state index in [1.54, 1.807) is 0 Å². The minimum Gasteiger partial charge on any atom is -0.512 e. The number of allylic oxidation sites excluding steroid dienone is 4. The second-order valence-corrected chi connectivity index (χ2v) is 7.54. The van der Waals surface area contributed by atoms with Gasteiger partial charge in [0.1, 0.15) is 11.5 Å². The summed E-state index contributed by atoms with van der Waals surface area (Å²) in [5, 5.41) is 18.3. The van der Waals surface area contributed by atoms with Gasteiger partial charge >= 0.3 is 12.4 Å². The minimum atomic E-state index is -5.39. The van der Waals surface area contributed by atoms with E-state index < -0.39 is 104 Å². The molecule has 0 saturated heterocycles. The number of Topliss-reactive ketones (excluding diaryl/α,β-unsaturated/α-hetero) is 2. The molecule has 19 heteroatoms. The maximum atomic E-state index is 13.7. The Labute approximate surface area is 231 Å². The number of hydrogen-bond acceptors (Lipinski definition) is 6. The minimum absolute atomic E-state index is 0. The predicted molar refractivity (Wildman–Crippen MR) is 110 cm³/mol. The first kappa shape index (κ1) is 37.4. The van der Waals surface area contributed by atoms with Crippen molar-refractivity contribution >= 4 is 22.7 Å². The molecule has 2 aromatic rings. The molecule has 0 aromatic carbocycles. The SMILES string of the molecule is CC(=O)/C(=C(/C)O)c1c(F)c(F)nc(C(F)(F)F)c1F.CC(=O)/C(=C(/C)O)c1c(F)c(F)nc(C(F)(F)F)c1F.[Cu]. The molecule has 0 amide bonds. The Bertz CT molecular complexity index is 1320. The maximum Gasteiger partial charge on any atom is 0.436 e. The van der Waals surface area contributed by atoms with E-state index >= 15 is 0 Å². The molecule has 0 fully saturated rings. The van der Waals surface area contributed by atoms with Crippen LogP contribution < -0.4 is 0 Å². The molecule has 1 radical (unpaired) electrons. The Morgan fingerprint density at radius 1 is 0.561 bits per heavy atom. The maximum absolute atomic E-state index is 13.7. The van der Waals surface area contributed by atoms with Crippen LogP contribution in [0.3, 0.4) is 0 Å². The summed E-state index contributed by atoms with van der Waals surface area (Å²) in [7, 11) is 0.